The summed E-state index contributed by atoms with van der Waals surface area (Å²) in [5.41, 5.74) is 3.51. The molecule has 146 valence electrons. The van der Waals surface area contributed by atoms with Crippen molar-refractivity contribution >= 4 is 42.8 Å². The highest BCUT2D eigenvalue weighted by molar-refractivity contribution is 9.10. The number of amides is 1. The van der Waals surface area contributed by atoms with E-state index >= 15 is 0 Å². The molecule has 2 aliphatic rings. The molecule has 1 aromatic carbocycles. The predicted octanol–water partition coefficient (Wildman–Crippen LogP) is 2.88. The molecule has 0 unspecified atom stereocenters. The number of rotatable bonds is 3. The number of nitrogens with zero attached hydrogens (tertiary/aromatic N) is 2. The molecule has 0 spiro atoms. The highest BCUT2D eigenvalue weighted by atomic mass is 79.9. The molecular weight excluding hydrogens is 430 g/mol. The van der Waals surface area contributed by atoms with Gasteiger partial charge in [-0.25, -0.2) is 12.7 Å². The summed E-state index contributed by atoms with van der Waals surface area (Å²) in [6.45, 7) is 3.90. The van der Waals surface area contributed by atoms with Gasteiger partial charge in [-0.1, -0.05) is 12.1 Å². The third-order valence-corrected chi connectivity index (χ3v) is 8.37. The highest BCUT2D eigenvalue weighted by Gasteiger charge is 2.34. The number of para-hydroxylation sites is 1. The maximum absolute atomic E-state index is 13.1. The summed E-state index contributed by atoms with van der Waals surface area (Å²) >= 11 is 3.59. The van der Waals surface area contributed by atoms with Crippen LogP contribution >= 0.6 is 15.9 Å². The Labute approximate surface area is 168 Å². The van der Waals surface area contributed by atoms with Gasteiger partial charge in [0.1, 0.15) is 0 Å². The lowest BCUT2D eigenvalue weighted by Crippen LogP contribution is -2.45. The second-order valence-corrected chi connectivity index (χ2v) is 10.4. The van der Waals surface area contributed by atoms with Gasteiger partial charge in [0.2, 0.25) is 15.9 Å². The maximum atomic E-state index is 13.1. The zero-order valence-electron chi connectivity index (χ0n) is 15.4. The van der Waals surface area contributed by atoms with Crippen molar-refractivity contribution in [1.82, 2.24) is 14.2 Å². The molecule has 0 aliphatic carbocycles. The molecule has 2 aliphatic heterocycles. The number of piperidine rings is 1. The number of H-pyrrole nitrogens is 1. The summed E-state index contributed by atoms with van der Waals surface area (Å²) in [5, 5.41) is 1.17. The summed E-state index contributed by atoms with van der Waals surface area (Å²) in [4.78, 5) is 18.5. The first kappa shape index (κ1) is 19.0. The van der Waals surface area contributed by atoms with Crippen molar-refractivity contribution in [3.63, 3.8) is 0 Å². The number of carbonyl (C=O) groups excluding carboxylic acids is 1. The van der Waals surface area contributed by atoms with Crippen molar-refractivity contribution < 1.29 is 13.2 Å². The second kappa shape index (κ2) is 7.22. The van der Waals surface area contributed by atoms with Crippen molar-refractivity contribution in [3.05, 3.63) is 33.9 Å². The van der Waals surface area contributed by atoms with Crippen LogP contribution in [0.4, 0.5) is 0 Å². The largest absolute Gasteiger partial charge is 0.357 e. The zero-order chi connectivity index (χ0) is 19.2. The van der Waals surface area contributed by atoms with Crippen LogP contribution in [0, 0.1) is 5.92 Å². The Balaban J connectivity index is 1.47. The third-order valence-electron chi connectivity index (χ3n) is 5.83. The fourth-order valence-electron chi connectivity index (χ4n) is 4.21. The third kappa shape index (κ3) is 3.43. The average Bonchev–Trinajstić information content (AvgIpc) is 3.07. The van der Waals surface area contributed by atoms with Gasteiger partial charge < -0.3 is 9.88 Å². The zero-order valence-corrected chi connectivity index (χ0v) is 17.8. The molecule has 27 heavy (non-hydrogen) atoms. The van der Waals surface area contributed by atoms with E-state index in [2.05, 4.69) is 27.0 Å². The van der Waals surface area contributed by atoms with Gasteiger partial charge in [-0.15, -0.1) is 0 Å². The first-order chi connectivity index (χ1) is 12.9. The van der Waals surface area contributed by atoms with Crippen LogP contribution in [-0.4, -0.2) is 53.9 Å². The molecule has 1 fully saturated rings. The summed E-state index contributed by atoms with van der Waals surface area (Å²) < 4.78 is 26.6. The van der Waals surface area contributed by atoms with E-state index in [4.69, 9.17) is 0 Å². The van der Waals surface area contributed by atoms with E-state index in [0.29, 0.717) is 39.0 Å². The molecule has 0 radical (unpaired) electrons. The number of aromatic nitrogens is 1. The Morgan fingerprint density at radius 1 is 1.26 bits per heavy atom. The number of sulfonamides is 1. The normalized spacial score (nSPS) is 19.4. The van der Waals surface area contributed by atoms with Gasteiger partial charge in [-0.3, -0.25) is 4.79 Å². The minimum absolute atomic E-state index is 0.0770. The SMILES string of the molecule is CCS(=O)(=O)N1CCC(C(=O)N2CCc3[nH]c4c(Br)cccc4c3C2)CC1. The molecule has 0 bridgehead atoms. The minimum Gasteiger partial charge on any atom is -0.357 e. The van der Waals surface area contributed by atoms with Crippen molar-refractivity contribution in [3.8, 4) is 0 Å². The minimum atomic E-state index is -3.16. The Morgan fingerprint density at radius 2 is 2.00 bits per heavy atom. The van der Waals surface area contributed by atoms with E-state index in [0.717, 1.165) is 16.4 Å². The molecule has 0 atom stereocenters. The first-order valence-electron chi connectivity index (χ1n) is 9.45. The predicted molar refractivity (Wildman–Crippen MR) is 109 cm³/mol. The monoisotopic (exact) mass is 453 g/mol. The van der Waals surface area contributed by atoms with E-state index in [9.17, 15) is 13.2 Å². The van der Waals surface area contributed by atoms with Crippen LogP contribution in [0.2, 0.25) is 0 Å². The molecule has 3 heterocycles. The molecule has 1 saturated heterocycles. The Morgan fingerprint density at radius 3 is 2.70 bits per heavy atom. The Kier molecular flexibility index (Phi) is 5.07. The average molecular weight is 454 g/mol. The summed E-state index contributed by atoms with van der Waals surface area (Å²) in [5.74, 6) is 0.210. The van der Waals surface area contributed by atoms with Crippen LogP contribution in [0.15, 0.2) is 22.7 Å². The number of carbonyl (C=O) groups is 1. The van der Waals surface area contributed by atoms with Gasteiger partial charge in [0.25, 0.3) is 0 Å². The lowest BCUT2D eigenvalue weighted by molar-refractivity contribution is -0.137. The van der Waals surface area contributed by atoms with Crippen LogP contribution in [0.25, 0.3) is 10.9 Å². The van der Waals surface area contributed by atoms with E-state index in [1.807, 2.05) is 17.0 Å². The number of aromatic amines is 1. The molecule has 1 N–H and O–H groups in total. The van der Waals surface area contributed by atoms with Gasteiger partial charge in [0.15, 0.2) is 0 Å². The number of hydrogen-bond acceptors (Lipinski definition) is 3. The van der Waals surface area contributed by atoms with Crippen LogP contribution in [-0.2, 0) is 27.8 Å². The fraction of sp³-hybridized carbons (Fsp3) is 0.526. The van der Waals surface area contributed by atoms with Gasteiger partial charge in [-0.05, 0) is 41.8 Å². The number of fused-ring (bicyclic) bond motifs is 3. The molecule has 4 rings (SSSR count). The van der Waals surface area contributed by atoms with Gasteiger partial charge >= 0.3 is 0 Å². The van der Waals surface area contributed by atoms with Crippen LogP contribution in [0.1, 0.15) is 31.0 Å². The summed E-state index contributed by atoms with van der Waals surface area (Å²) in [7, 11) is -3.16. The van der Waals surface area contributed by atoms with Crippen LogP contribution in [0.3, 0.4) is 0 Å². The molecule has 8 heteroatoms. The number of halogens is 1. The van der Waals surface area contributed by atoms with Crippen molar-refractivity contribution in [1.29, 1.82) is 0 Å². The molecule has 1 amide bonds. The summed E-state index contributed by atoms with van der Waals surface area (Å²) in [6.07, 6.45) is 2.05. The van der Waals surface area contributed by atoms with E-state index in [1.165, 1.54) is 20.9 Å². The lowest BCUT2D eigenvalue weighted by Gasteiger charge is -2.35. The van der Waals surface area contributed by atoms with Crippen molar-refractivity contribution in [2.75, 3.05) is 25.4 Å². The van der Waals surface area contributed by atoms with E-state index in [1.54, 1.807) is 6.92 Å². The Bertz CT molecular complexity index is 977. The molecule has 6 nitrogen and oxygen atoms in total. The quantitative estimate of drug-likeness (QED) is 0.775. The van der Waals surface area contributed by atoms with Gasteiger partial charge in [0, 0.05) is 59.6 Å². The van der Waals surface area contributed by atoms with E-state index in [-0.39, 0.29) is 17.6 Å². The molecule has 2 aromatic rings. The highest BCUT2D eigenvalue weighted by Crippen LogP contribution is 2.33. The summed E-state index contributed by atoms with van der Waals surface area (Å²) in [6, 6.07) is 6.13. The van der Waals surface area contributed by atoms with Gasteiger partial charge in [0.05, 0.1) is 11.3 Å². The Hall–Kier alpha value is -1.38. The van der Waals surface area contributed by atoms with Crippen molar-refractivity contribution in [2.24, 2.45) is 5.92 Å². The van der Waals surface area contributed by atoms with Crippen molar-refractivity contribution in [2.45, 2.75) is 32.7 Å². The number of benzene rings is 1. The van der Waals surface area contributed by atoms with Crippen LogP contribution in [0.5, 0.6) is 0 Å². The first-order valence-corrected chi connectivity index (χ1v) is 11.9. The lowest BCUT2D eigenvalue weighted by atomic mass is 9.95. The number of hydrogen-bond donors (Lipinski definition) is 1. The molecule has 1 aromatic heterocycles. The smallest absolute Gasteiger partial charge is 0.226 e. The maximum Gasteiger partial charge on any atom is 0.226 e. The van der Waals surface area contributed by atoms with E-state index < -0.39 is 10.0 Å². The second-order valence-electron chi connectivity index (χ2n) is 7.33. The fourth-order valence-corrected chi connectivity index (χ4v) is 5.81. The molecule has 0 saturated carbocycles. The number of nitrogens with one attached hydrogen (secondary N) is 1. The topological polar surface area (TPSA) is 73.5 Å². The van der Waals surface area contributed by atoms with Crippen LogP contribution < -0.4 is 0 Å². The molecular formula is C19H24BrN3O3S. The standard InChI is InChI=1S/C19H24BrN3O3S/c1-2-27(25,26)23-10-6-13(7-11-23)19(24)22-9-8-17-15(12-22)14-4-3-5-16(20)18(14)21-17/h3-5,13,21H,2,6-12H2,1H3. The van der Waals surface area contributed by atoms with Gasteiger partial charge in [-0.2, -0.15) is 0 Å².